The molecule has 0 aromatic heterocycles. The molecule has 3 atom stereocenters. The highest BCUT2D eigenvalue weighted by atomic mass is 16.5. The van der Waals surface area contributed by atoms with Gasteiger partial charge >= 0.3 is 5.97 Å². The summed E-state index contributed by atoms with van der Waals surface area (Å²) < 4.78 is 5.74. The molecule has 0 fully saturated rings. The summed E-state index contributed by atoms with van der Waals surface area (Å²) in [6, 6.07) is 0. The quantitative estimate of drug-likeness (QED) is 0.0360. The summed E-state index contributed by atoms with van der Waals surface area (Å²) in [5.74, 6) is 0.635. The molecule has 0 aromatic rings. The zero-order valence-electron chi connectivity index (χ0n) is 36.5. The first kappa shape index (κ1) is 50.2. The van der Waals surface area contributed by atoms with Gasteiger partial charge in [0.2, 0.25) is 0 Å². The third kappa shape index (κ3) is 31.2. The van der Waals surface area contributed by atoms with Crippen LogP contribution in [0.25, 0.3) is 0 Å². The molecule has 0 rings (SSSR count). The fraction of sp³-hybridized carbons (Fsp3) is 0.938. The van der Waals surface area contributed by atoms with Crippen LogP contribution in [-0.4, -0.2) is 38.1 Å². The lowest BCUT2D eigenvalue weighted by molar-refractivity contribution is -0.150. The minimum atomic E-state index is -0.0628. The average molecular weight is 718 g/mol. The highest BCUT2D eigenvalue weighted by molar-refractivity contribution is 5.72. The molecule has 0 bridgehead atoms. The monoisotopic (exact) mass is 718 g/mol. The van der Waals surface area contributed by atoms with Crippen LogP contribution in [-0.2, 0) is 9.53 Å². The molecule has 51 heavy (non-hydrogen) atoms. The number of hydrogen-bond donors (Lipinski definition) is 0. The summed E-state index contributed by atoms with van der Waals surface area (Å²) in [5, 5.41) is 0. The Balaban J connectivity index is 4.66. The zero-order valence-corrected chi connectivity index (χ0v) is 36.5. The molecule has 0 saturated heterocycles. The van der Waals surface area contributed by atoms with Crippen LogP contribution >= 0.6 is 0 Å². The van der Waals surface area contributed by atoms with E-state index < -0.39 is 0 Å². The predicted molar refractivity (Wildman–Crippen MR) is 229 cm³/mol. The van der Waals surface area contributed by atoms with Crippen LogP contribution in [0.4, 0.5) is 0 Å². The number of esters is 1. The fourth-order valence-electron chi connectivity index (χ4n) is 7.78. The van der Waals surface area contributed by atoms with Crippen LogP contribution in [0.2, 0.25) is 0 Å². The van der Waals surface area contributed by atoms with E-state index in [4.69, 9.17) is 4.74 Å². The van der Waals surface area contributed by atoms with Gasteiger partial charge in [-0.05, 0) is 77.9 Å². The Bertz CT molecular complexity index is 739. The number of ether oxygens (including phenoxy) is 1. The first-order valence-corrected chi connectivity index (χ1v) is 23.3. The van der Waals surface area contributed by atoms with Gasteiger partial charge in [0.15, 0.2) is 0 Å². The summed E-state index contributed by atoms with van der Waals surface area (Å²) in [5.41, 5.74) is 3.27. The lowest BCUT2D eigenvalue weighted by atomic mass is 9.78. The number of carbonyl (C=O) groups excluding carboxylic acids is 1. The molecule has 0 heterocycles. The average Bonchev–Trinajstić information content (AvgIpc) is 3.12. The van der Waals surface area contributed by atoms with Crippen molar-refractivity contribution >= 4 is 5.97 Å². The van der Waals surface area contributed by atoms with Crippen LogP contribution in [0.15, 0.2) is 11.1 Å². The number of hydrogen-bond acceptors (Lipinski definition) is 3. The van der Waals surface area contributed by atoms with E-state index in [1.807, 2.05) is 0 Å². The highest BCUT2D eigenvalue weighted by Crippen LogP contribution is 2.33. The largest absolute Gasteiger partial charge is 0.465 e. The Kier molecular flexibility index (Phi) is 36.9. The SMILES string of the molecule is CCCCCCCCCCCCCCCCC(CCCCCCCCCCCCCCCC)=C(C)C(C)C(C)C(C)C(=O)OCCCCN(C)C. The van der Waals surface area contributed by atoms with E-state index >= 15 is 0 Å². The summed E-state index contributed by atoms with van der Waals surface area (Å²) in [6.07, 6.45) is 44.2. The van der Waals surface area contributed by atoms with E-state index in [1.54, 1.807) is 11.1 Å². The molecule has 0 aliphatic carbocycles. The van der Waals surface area contributed by atoms with Gasteiger partial charge < -0.3 is 9.64 Å². The third-order valence-corrected chi connectivity index (χ3v) is 12.1. The van der Waals surface area contributed by atoms with Gasteiger partial charge in [0.25, 0.3) is 0 Å². The number of unbranched alkanes of at least 4 members (excludes halogenated alkanes) is 27. The molecular weight excluding hydrogens is 623 g/mol. The summed E-state index contributed by atoms with van der Waals surface area (Å²) in [6.45, 7) is 15.3. The van der Waals surface area contributed by atoms with Crippen molar-refractivity contribution in [3.05, 3.63) is 11.1 Å². The maximum Gasteiger partial charge on any atom is 0.308 e. The lowest BCUT2D eigenvalue weighted by Gasteiger charge is -2.28. The van der Waals surface area contributed by atoms with E-state index in [9.17, 15) is 4.79 Å². The normalized spacial score (nSPS) is 13.4. The maximum absolute atomic E-state index is 13.0. The molecule has 0 amide bonds. The molecule has 0 aliphatic rings. The molecule has 0 saturated carbocycles. The number of nitrogens with zero attached hydrogens (tertiary/aromatic N) is 1. The van der Waals surface area contributed by atoms with Crippen molar-refractivity contribution < 1.29 is 9.53 Å². The van der Waals surface area contributed by atoms with Crippen molar-refractivity contribution in [2.24, 2.45) is 17.8 Å². The van der Waals surface area contributed by atoms with Gasteiger partial charge in [0, 0.05) is 0 Å². The standard InChI is InChI=1S/C48H95NO2/c1-9-11-13-15-17-19-21-23-25-27-29-31-33-35-39-47(40-36-34-32-30-28-26-24-22-20-18-16-14-12-10-2)45(5)43(3)44(4)46(6)48(50)51-42-38-37-41-49(7)8/h43-44,46H,9-42H2,1-8H3. The summed E-state index contributed by atoms with van der Waals surface area (Å²) in [4.78, 5) is 15.2. The van der Waals surface area contributed by atoms with Gasteiger partial charge in [-0.1, -0.05) is 213 Å². The highest BCUT2D eigenvalue weighted by Gasteiger charge is 2.28. The Hall–Kier alpha value is -0.830. The molecule has 0 N–H and O–H groups in total. The molecule has 0 aromatic carbocycles. The van der Waals surface area contributed by atoms with Crippen LogP contribution in [0.3, 0.4) is 0 Å². The van der Waals surface area contributed by atoms with Crippen molar-refractivity contribution in [2.75, 3.05) is 27.2 Å². The lowest BCUT2D eigenvalue weighted by Crippen LogP contribution is -2.27. The molecule has 3 unspecified atom stereocenters. The Morgan fingerprint density at radius 2 is 0.804 bits per heavy atom. The molecule has 0 aliphatic heterocycles. The van der Waals surface area contributed by atoms with Crippen LogP contribution < -0.4 is 0 Å². The van der Waals surface area contributed by atoms with E-state index in [-0.39, 0.29) is 11.9 Å². The Morgan fingerprint density at radius 1 is 0.471 bits per heavy atom. The topological polar surface area (TPSA) is 29.5 Å². The Morgan fingerprint density at radius 3 is 1.14 bits per heavy atom. The smallest absolute Gasteiger partial charge is 0.308 e. The molecule has 0 radical (unpaired) electrons. The molecular formula is C48H95NO2. The summed E-state index contributed by atoms with van der Waals surface area (Å²) in [7, 11) is 4.19. The first-order chi connectivity index (χ1) is 24.8. The molecule has 304 valence electrons. The van der Waals surface area contributed by atoms with Crippen molar-refractivity contribution in [3.8, 4) is 0 Å². The van der Waals surface area contributed by atoms with Crippen molar-refractivity contribution in [3.63, 3.8) is 0 Å². The minimum Gasteiger partial charge on any atom is -0.465 e. The van der Waals surface area contributed by atoms with E-state index in [2.05, 4.69) is 60.5 Å². The van der Waals surface area contributed by atoms with E-state index in [0.717, 1.165) is 19.4 Å². The molecule has 3 heteroatoms. The van der Waals surface area contributed by atoms with Gasteiger partial charge in [0.1, 0.15) is 0 Å². The maximum atomic E-state index is 13.0. The van der Waals surface area contributed by atoms with E-state index in [0.29, 0.717) is 18.4 Å². The number of rotatable bonds is 39. The second-order valence-electron chi connectivity index (χ2n) is 17.1. The third-order valence-electron chi connectivity index (χ3n) is 12.1. The van der Waals surface area contributed by atoms with Crippen LogP contribution in [0, 0.1) is 17.8 Å². The van der Waals surface area contributed by atoms with Crippen molar-refractivity contribution in [1.82, 2.24) is 4.90 Å². The number of carbonyl (C=O) groups is 1. The Labute approximate surface area is 322 Å². The molecule has 3 nitrogen and oxygen atoms in total. The summed E-state index contributed by atoms with van der Waals surface area (Å²) >= 11 is 0. The van der Waals surface area contributed by atoms with E-state index in [1.165, 1.54) is 193 Å². The van der Waals surface area contributed by atoms with Gasteiger partial charge in [-0.3, -0.25) is 4.79 Å². The first-order valence-electron chi connectivity index (χ1n) is 23.3. The van der Waals surface area contributed by atoms with Crippen molar-refractivity contribution in [1.29, 1.82) is 0 Å². The van der Waals surface area contributed by atoms with Gasteiger partial charge in [0.05, 0.1) is 12.5 Å². The van der Waals surface area contributed by atoms with Crippen LogP contribution in [0.5, 0.6) is 0 Å². The molecule has 0 spiro atoms. The second-order valence-corrected chi connectivity index (χ2v) is 17.1. The fourth-order valence-corrected chi connectivity index (χ4v) is 7.78. The van der Waals surface area contributed by atoms with Gasteiger partial charge in [-0.15, -0.1) is 0 Å². The van der Waals surface area contributed by atoms with Crippen LogP contribution in [0.1, 0.15) is 247 Å². The predicted octanol–water partition coefficient (Wildman–Crippen LogP) is 15.8. The minimum absolute atomic E-state index is 0.00694. The zero-order chi connectivity index (χ0) is 37.8. The number of allylic oxidation sites excluding steroid dienone is 2. The van der Waals surface area contributed by atoms with Gasteiger partial charge in [-0.25, -0.2) is 0 Å². The van der Waals surface area contributed by atoms with Crippen molar-refractivity contribution in [2.45, 2.75) is 247 Å². The second kappa shape index (κ2) is 37.5. The van der Waals surface area contributed by atoms with Gasteiger partial charge in [-0.2, -0.15) is 0 Å².